The average Bonchev–Trinajstić information content (AvgIpc) is 2.85. The van der Waals surface area contributed by atoms with E-state index in [0.29, 0.717) is 6.42 Å². The molecule has 3 rings (SSSR count). The summed E-state index contributed by atoms with van der Waals surface area (Å²) >= 11 is 0. The molecule has 96 valence electrons. The second-order valence-corrected chi connectivity index (χ2v) is 4.59. The van der Waals surface area contributed by atoms with Gasteiger partial charge in [0.2, 0.25) is 0 Å². The standard InChI is InChI=1S/C15H15N3O/c1-18-14(8-9-16-18)15(19)10-12-7-6-11-4-2-3-5-13(11)17-12/h2-9,15,19H,10H2,1H3. The second kappa shape index (κ2) is 4.82. The number of hydrogen-bond acceptors (Lipinski definition) is 3. The first-order valence-corrected chi connectivity index (χ1v) is 6.24. The molecule has 0 aliphatic carbocycles. The maximum atomic E-state index is 10.2. The highest BCUT2D eigenvalue weighted by Crippen LogP contribution is 2.18. The van der Waals surface area contributed by atoms with Crippen LogP contribution in [0.2, 0.25) is 0 Å². The lowest BCUT2D eigenvalue weighted by atomic mass is 10.1. The summed E-state index contributed by atoms with van der Waals surface area (Å²) in [6.45, 7) is 0. The number of nitrogens with zero attached hydrogens (tertiary/aromatic N) is 3. The Bertz CT molecular complexity index is 705. The third kappa shape index (κ3) is 2.35. The lowest BCUT2D eigenvalue weighted by Crippen LogP contribution is -2.08. The molecule has 1 atom stereocenters. The highest BCUT2D eigenvalue weighted by Gasteiger charge is 2.13. The van der Waals surface area contributed by atoms with Crippen molar-refractivity contribution < 1.29 is 5.11 Å². The number of rotatable bonds is 3. The molecule has 0 fully saturated rings. The third-order valence-corrected chi connectivity index (χ3v) is 3.26. The van der Waals surface area contributed by atoms with Crippen molar-refractivity contribution in [1.29, 1.82) is 0 Å². The van der Waals surface area contributed by atoms with Crippen LogP contribution in [0.15, 0.2) is 48.7 Å². The lowest BCUT2D eigenvalue weighted by molar-refractivity contribution is 0.167. The number of aliphatic hydroxyl groups is 1. The van der Waals surface area contributed by atoms with E-state index in [4.69, 9.17) is 0 Å². The summed E-state index contributed by atoms with van der Waals surface area (Å²) in [5, 5.41) is 15.4. The van der Waals surface area contributed by atoms with Crippen LogP contribution >= 0.6 is 0 Å². The van der Waals surface area contributed by atoms with Gasteiger partial charge in [-0.1, -0.05) is 24.3 Å². The van der Waals surface area contributed by atoms with Crippen molar-refractivity contribution in [3.63, 3.8) is 0 Å². The number of aliphatic hydroxyl groups excluding tert-OH is 1. The minimum absolute atomic E-state index is 0.490. The van der Waals surface area contributed by atoms with Crippen LogP contribution in [0.25, 0.3) is 10.9 Å². The van der Waals surface area contributed by atoms with E-state index < -0.39 is 6.10 Å². The van der Waals surface area contributed by atoms with E-state index in [1.807, 2.05) is 49.5 Å². The maximum Gasteiger partial charge on any atom is 0.101 e. The summed E-state index contributed by atoms with van der Waals surface area (Å²) in [4.78, 5) is 4.57. The Balaban J connectivity index is 1.87. The molecule has 2 heterocycles. The van der Waals surface area contributed by atoms with E-state index in [0.717, 1.165) is 22.3 Å². The molecule has 4 nitrogen and oxygen atoms in total. The second-order valence-electron chi connectivity index (χ2n) is 4.59. The summed E-state index contributed by atoms with van der Waals surface area (Å²) in [7, 11) is 1.83. The van der Waals surface area contributed by atoms with E-state index >= 15 is 0 Å². The molecule has 0 spiro atoms. The van der Waals surface area contributed by atoms with Gasteiger partial charge in [0.05, 0.1) is 11.2 Å². The smallest absolute Gasteiger partial charge is 0.101 e. The van der Waals surface area contributed by atoms with E-state index in [-0.39, 0.29) is 0 Å². The number of hydrogen-bond donors (Lipinski definition) is 1. The van der Waals surface area contributed by atoms with Crippen LogP contribution in [0.3, 0.4) is 0 Å². The normalized spacial score (nSPS) is 12.7. The average molecular weight is 253 g/mol. The van der Waals surface area contributed by atoms with Gasteiger partial charge in [-0.25, -0.2) is 0 Å². The molecule has 1 aromatic carbocycles. The third-order valence-electron chi connectivity index (χ3n) is 3.26. The van der Waals surface area contributed by atoms with Crippen molar-refractivity contribution in [2.75, 3.05) is 0 Å². The number of benzene rings is 1. The van der Waals surface area contributed by atoms with Gasteiger partial charge in [0.1, 0.15) is 6.10 Å². The first-order chi connectivity index (χ1) is 9.24. The zero-order valence-corrected chi connectivity index (χ0v) is 10.7. The number of aryl methyl sites for hydroxylation is 1. The molecule has 1 unspecified atom stereocenters. The van der Waals surface area contributed by atoms with Crippen LogP contribution in [-0.4, -0.2) is 19.9 Å². The Morgan fingerprint density at radius 3 is 2.79 bits per heavy atom. The molecule has 0 aliphatic rings. The van der Waals surface area contributed by atoms with Crippen molar-refractivity contribution in [3.05, 3.63) is 60.0 Å². The fraction of sp³-hybridized carbons (Fsp3) is 0.200. The van der Waals surface area contributed by atoms with Gasteiger partial charge in [-0.05, 0) is 18.2 Å². The highest BCUT2D eigenvalue weighted by molar-refractivity contribution is 5.78. The van der Waals surface area contributed by atoms with Crippen molar-refractivity contribution in [2.45, 2.75) is 12.5 Å². The minimum atomic E-state index is -0.582. The quantitative estimate of drug-likeness (QED) is 0.779. The summed E-state index contributed by atoms with van der Waals surface area (Å²) in [6, 6.07) is 13.8. The fourth-order valence-electron chi connectivity index (χ4n) is 2.24. The molecule has 3 aromatic rings. The number of fused-ring (bicyclic) bond motifs is 1. The van der Waals surface area contributed by atoms with E-state index in [1.54, 1.807) is 10.9 Å². The monoisotopic (exact) mass is 253 g/mol. The molecule has 2 aromatic heterocycles. The number of aromatic nitrogens is 3. The van der Waals surface area contributed by atoms with Crippen LogP contribution in [0, 0.1) is 0 Å². The van der Waals surface area contributed by atoms with Crippen molar-refractivity contribution in [2.24, 2.45) is 7.05 Å². The first-order valence-electron chi connectivity index (χ1n) is 6.24. The van der Waals surface area contributed by atoms with E-state index in [9.17, 15) is 5.11 Å². The van der Waals surface area contributed by atoms with Gasteiger partial charge in [-0.3, -0.25) is 9.67 Å². The molecule has 0 amide bonds. The molecule has 0 saturated heterocycles. The molecule has 0 aliphatic heterocycles. The first kappa shape index (κ1) is 11.9. The van der Waals surface area contributed by atoms with Gasteiger partial charge in [0.25, 0.3) is 0 Å². The summed E-state index contributed by atoms with van der Waals surface area (Å²) < 4.78 is 1.69. The molecule has 1 N–H and O–H groups in total. The predicted molar refractivity (Wildman–Crippen MR) is 73.6 cm³/mol. The maximum absolute atomic E-state index is 10.2. The van der Waals surface area contributed by atoms with Crippen molar-refractivity contribution >= 4 is 10.9 Å². The van der Waals surface area contributed by atoms with Crippen LogP contribution in [0.5, 0.6) is 0 Å². The van der Waals surface area contributed by atoms with Gasteiger partial charge >= 0.3 is 0 Å². The SMILES string of the molecule is Cn1nccc1C(O)Cc1ccc2ccccc2n1. The van der Waals surface area contributed by atoms with E-state index in [2.05, 4.69) is 10.1 Å². The zero-order valence-electron chi connectivity index (χ0n) is 10.7. The van der Waals surface area contributed by atoms with Gasteiger partial charge in [-0.2, -0.15) is 5.10 Å². The Morgan fingerprint density at radius 1 is 1.16 bits per heavy atom. The summed E-state index contributed by atoms with van der Waals surface area (Å²) in [5.74, 6) is 0. The Kier molecular flexibility index (Phi) is 3.01. The molecule has 0 radical (unpaired) electrons. The van der Waals surface area contributed by atoms with Gasteiger partial charge < -0.3 is 5.11 Å². The van der Waals surface area contributed by atoms with Crippen LogP contribution in [0.1, 0.15) is 17.5 Å². The molecular weight excluding hydrogens is 238 g/mol. The van der Waals surface area contributed by atoms with Crippen molar-refractivity contribution in [1.82, 2.24) is 14.8 Å². The molecule has 0 saturated carbocycles. The Labute approximate surface area is 111 Å². The summed E-state index contributed by atoms with van der Waals surface area (Å²) in [6.07, 6.45) is 1.60. The minimum Gasteiger partial charge on any atom is -0.386 e. The molecule has 0 bridgehead atoms. The highest BCUT2D eigenvalue weighted by atomic mass is 16.3. The van der Waals surface area contributed by atoms with Gasteiger partial charge in [0, 0.05) is 30.7 Å². The summed E-state index contributed by atoms with van der Waals surface area (Å²) in [5.41, 5.74) is 2.64. The van der Waals surface area contributed by atoms with Crippen LogP contribution in [-0.2, 0) is 13.5 Å². The molecular formula is C15H15N3O. The number of pyridine rings is 1. The largest absolute Gasteiger partial charge is 0.386 e. The fourth-order valence-corrected chi connectivity index (χ4v) is 2.24. The van der Waals surface area contributed by atoms with Crippen LogP contribution in [0.4, 0.5) is 0 Å². The molecule has 19 heavy (non-hydrogen) atoms. The zero-order chi connectivity index (χ0) is 13.2. The lowest BCUT2D eigenvalue weighted by Gasteiger charge is -2.11. The Morgan fingerprint density at radius 2 is 2.00 bits per heavy atom. The Hall–Kier alpha value is -2.20. The van der Waals surface area contributed by atoms with E-state index in [1.165, 1.54) is 0 Å². The predicted octanol–water partition coefficient (Wildman–Crippen LogP) is 2.24. The number of para-hydroxylation sites is 1. The van der Waals surface area contributed by atoms with Crippen molar-refractivity contribution in [3.8, 4) is 0 Å². The topological polar surface area (TPSA) is 50.9 Å². The van der Waals surface area contributed by atoms with Gasteiger partial charge in [-0.15, -0.1) is 0 Å². The van der Waals surface area contributed by atoms with Crippen LogP contribution < -0.4 is 0 Å². The van der Waals surface area contributed by atoms with Gasteiger partial charge in [0.15, 0.2) is 0 Å². The molecule has 4 heteroatoms.